The highest BCUT2D eigenvalue weighted by molar-refractivity contribution is 5.24. The van der Waals surface area contributed by atoms with Gasteiger partial charge in [0.25, 0.3) is 0 Å². The largest absolute Gasteiger partial charge is 0.297 e. The highest BCUT2D eigenvalue weighted by Gasteiger charge is 2.30. The van der Waals surface area contributed by atoms with Crippen molar-refractivity contribution in [1.82, 2.24) is 24.9 Å². The lowest BCUT2D eigenvalue weighted by atomic mass is 10.2. The van der Waals surface area contributed by atoms with Crippen LogP contribution < -0.4 is 0 Å². The highest BCUT2D eigenvalue weighted by atomic mass is 15.3. The summed E-state index contributed by atoms with van der Waals surface area (Å²) in [4.78, 5) is 2.45. The number of H-pyrrole nitrogens is 1. The molecule has 1 saturated heterocycles. The zero-order valence-electron chi connectivity index (χ0n) is 11.9. The number of nitrogens with zero attached hydrogens (tertiary/aromatic N) is 5. The van der Waals surface area contributed by atoms with Gasteiger partial charge in [0.1, 0.15) is 6.07 Å². The van der Waals surface area contributed by atoms with Gasteiger partial charge >= 0.3 is 0 Å². The maximum absolute atomic E-state index is 8.88. The molecule has 0 amide bonds. The smallest absolute Gasteiger partial charge is 0.102 e. The van der Waals surface area contributed by atoms with Gasteiger partial charge in [0.2, 0.25) is 0 Å². The van der Waals surface area contributed by atoms with Gasteiger partial charge in [-0.15, -0.1) is 0 Å². The van der Waals surface area contributed by atoms with Crippen LogP contribution in [0.25, 0.3) is 0 Å². The van der Waals surface area contributed by atoms with Crippen LogP contribution in [0, 0.1) is 11.3 Å². The molecule has 2 aromatic heterocycles. The van der Waals surface area contributed by atoms with Crippen LogP contribution >= 0.6 is 0 Å². The standard InChI is InChI=1S/C15H18N6/c16-5-11-6-18-21(8-11)14-3-4-20(10-14)9-13-7-17-19-15(13)12-1-2-12/h6-8,12,14H,1-4,9-10H2,(H,17,19). The molecule has 4 rings (SSSR count). The Morgan fingerprint density at radius 1 is 1.33 bits per heavy atom. The minimum atomic E-state index is 0.378. The Morgan fingerprint density at radius 2 is 2.24 bits per heavy atom. The van der Waals surface area contributed by atoms with Crippen molar-refractivity contribution < 1.29 is 0 Å². The van der Waals surface area contributed by atoms with E-state index in [0.29, 0.717) is 17.5 Å². The average Bonchev–Trinajstić information content (AvgIpc) is 2.96. The number of hydrogen-bond acceptors (Lipinski definition) is 4. The van der Waals surface area contributed by atoms with Gasteiger partial charge in [0.05, 0.1) is 24.0 Å². The summed E-state index contributed by atoms with van der Waals surface area (Å²) in [5.74, 6) is 0.713. The summed E-state index contributed by atoms with van der Waals surface area (Å²) in [5, 5.41) is 20.6. The number of rotatable bonds is 4. The molecular weight excluding hydrogens is 264 g/mol. The number of hydrogen-bond donors (Lipinski definition) is 1. The third kappa shape index (κ3) is 2.45. The van der Waals surface area contributed by atoms with E-state index in [1.165, 1.54) is 24.1 Å². The summed E-state index contributed by atoms with van der Waals surface area (Å²) in [6.45, 7) is 3.02. The van der Waals surface area contributed by atoms with E-state index in [9.17, 15) is 0 Å². The molecule has 6 nitrogen and oxygen atoms in total. The number of aromatic amines is 1. The number of likely N-dealkylation sites (tertiary alicyclic amines) is 1. The second-order valence-corrected chi connectivity index (χ2v) is 6.08. The molecule has 2 fully saturated rings. The van der Waals surface area contributed by atoms with Crippen LogP contribution in [-0.4, -0.2) is 38.0 Å². The molecular formula is C15H18N6. The molecule has 1 atom stereocenters. The van der Waals surface area contributed by atoms with E-state index in [-0.39, 0.29) is 0 Å². The van der Waals surface area contributed by atoms with Crippen LogP contribution in [0.5, 0.6) is 0 Å². The molecule has 0 radical (unpaired) electrons. The first kappa shape index (κ1) is 12.6. The van der Waals surface area contributed by atoms with Gasteiger partial charge < -0.3 is 0 Å². The van der Waals surface area contributed by atoms with Crippen LogP contribution in [-0.2, 0) is 6.54 Å². The summed E-state index contributed by atoms with van der Waals surface area (Å²) in [6.07, 6.45) is 9.14. The van der Waals surface area contributed by atoms with Crippen LogP contribution in [0.15, 0.2) is 18.6 Å². The van der Waals surface area contributed by atoms with E-state index in [0.717, 1.165) is 26.1 Å². The van der Waals surface area contributed by atoms with Crippen molar-refractivity contribution in [3.8, 4) is 6.07 Å². The van der Waals surface area contributed by atoms with Crippen molar-refractivity contribution in [1.29, 1.82) is 5.26 Å². The normalized spacial score (nSPS) is 22.5. The van der Waals surface area contributed by atoms with Crippen LogP contribution in [0.2, 0.25) is 0 Å². The molecule has 2 aliphatic rings. The Bertz CT molecular complexity index is 674. The first-order valence-corrected chi connectivity index (χ1v) is 7.52. The summed E-state index contributed by atoms with van der Waals surface area (Å²) in [6, 6.07) is 2.51. The minimum absolute atomic E-state index is 0.378. The van der Waals surface area contributed by atoms with Gasteiger partial charge in [-0.2, -0.15) is 15.5 Å². The van der Waals surface area contributed by atoms with Gasteiger partial charge in [-0.1, -0.05) is 0 Å². The third-order valence-corrected chi connectivity index (χ3v) is 4.48. The molecule has 1 aliphatic carbocycles. The summed E-state index contributed by atoms with van der Waals surface area (Å²) < 4.78 is 1.94. The van der Waals surface area contributed by atoms with Crippen LogP contribution in [0.4, 0.5) is 0 Å². The maximum Gasteiger partial charge on any atom is 0.102 e. The molecule has 0 spiro atoms. The van der Waals surface area contributed by atoms with E-state index in [4.69, 9.17) is 5.26 Å². The maximum atomic E-state index is 8.88. The Morgan fingerprint density at radius 3 is 3.00 bits per heavy atom. The average molecular weight is 282 g/mol. The first-order valence-electron chi connectivity index (χ1n) is 7.52. The molecule has 0 bridgehead atoms. The summed E-state index contributed by atoms with van der Waals surface area (Å²) in [7, 11) is 0. The van der Waals surface area contributed by atoms with E-state index >= 15 is 0 Å². The van der Waals surface area contributed by atoms with Crippen LogP contribution in [0.1, 0.15) is 48.0 Å². The molecule has 1 saturated carbocycles. The van der Waals surface area contributed by atoms with Gasteiger partial charge in [-0.05, 0) is 19.3 Å². The lowest BCUT2D eigenvalue weighted by Crippen LogP contribution is -2.21. The highest BCUT2D eigenvalue weighted by Crippen LogP contribution is 2.40. The van der Waals surface area contributed by atoms with Crippen molar-refractivity contribution in [3.05, 3.63) is 35.4 Å². The molecule has 21 heavy (non-hydrogen) atoms. The van der Waals surface area contributed by atoms with E-state index in [2.05, 4.69) is 26.3 Å². The second kappa shape index (κ2) is 5.01. The van der Waals surface area contributed by atoms with Gasteiger partial charge in [0.15, 0.2) is 0 Å². The Balaban J connectivity index is 1.42. The van der Waals surface area contributed by atoms with Crippen molar-refractivity contribution in [2.24, 2.45) is 0 Å². The summed E-state index contributed by atoms with van der Waals surface area (Å²) >= 11 is 0. The molecule has 108 valence electrons. The van der Waals surface area contributed by atoms with Crippen LogP contribution in [0.3, 0.4) is 0 Å². The predicted molar refractivity (Wildman–Crippen MR) is 76.4 cm³/mol. The molecule has 1 aliphatic heterocycles. The first-order chi connectivity index (χ1) is 10.3. The lowest BCUT2D eigenvalue weighted by Gasteiger charge is -2.16. The van der Waals surface area contributed by atoms with Gasteiger partial charge in [-0.25, -0.2) is 0 Å². The van der Waals surface area contributed by atoms with E-state index in [1.807, 2.05) is 17.1 Å². The fourth-order valence-corrected chi connectivity index (χ4v) is 3.18. The number of nitrogens with one attached hydrogen (secondary N) is 1. The van der Waals surface area contributed by atoms with Crippen molar-refractivity contribution in [2.45, 2.75) is 37.8 Å². The molecule has 1 unspecified atom stereocenters. The Kier molecular flexibility index (Phi) is 3.00. The second-order valence-electron chi connectivity index (χ2n) is 6.08. The zero-order valence-corrected chi connectivity index (χ0v) is 11.9. The number of aromatic nitrogens is 4. The molecule has 6 heteroatoms. The number of nitriles is 1. The van der Waals surface area contributed by atoms with Crippen molar-refractivity contribution in [3.63, 3.8) is 0 Å². The van der Waals surface area contributed by atoms with Gasteiger partial charge in [-0.3, -0.25) is 14.7 Å². The molecule has 2 aromatic rings. The monoisotopic (exact) mass is 282 g/mol. The molecule has 0 aromatic carbocycles. The Hall–Kier alpha value is -2.13. The molecule has 1 N–H and O–H groups in total. The summed E-state index contributed by atoms with van der Waals surface area (Å²) in [5.41, 5.74) is 3.32. The fourth-order valence-electron chi connectivity index (χ4n) is 3.18. The van der Waals surface area contributed by atoms with Crippen molar-refractivity contribution >= 4 is 0 Å². The van der Waals surface area contributed by atoms with E-state index in [1.54, 1.807) is 6.20 Å². The van der Waals surface area contributed by atoms with Gasteiger partial charge in [0, 0.05) is 43.0 Å². The lowest BCUT2D eigenvalue weighted by molar-refractivity contribution is 0.311. The zero-order chi connectivity index (χ0) is 14.2. The fraction of sp³-hybridized carbons (Fsp3) is 0.533. The Labute approximate surface area is 123 Å². The minimum Gasteiger partial charge on any atom is -0.297 e. The SMILES string of the molecule is N#Cc1cnn(C2CCN(Cc3cn[nH]c3C3CC3)C2)c1. The topological polar surface area (TPSA) is 73.5 Å². The quantitative estimate of drug-likeness (QED) is 0.928. The molecule has 3 heterocycles. The van der Waals surface area contributed by atoms with E-state index < -0.39 is 0 Å². The third-order valence-electron chi connectivity index (χ3n) is 4.48. The predicted octanol–water partition coefficient (Wildman–Crippen LogP) is 1.80. The van der Waals surface area contributed by atoms with Crippen molar-refractivity contribution in [2.75, 3.05) is 13.1 Å².